The number of benzene rings is 4. The molecule has 0 radical (unpaired) electrons. The number of amides is 1. The first kappa shape index (κ1) is 28.0. The highest BCUT2D eigenvalue weighted by atomic mass is 35.5. The standard InChI is InChI=1S/C27H24ClN3O6S2/c1-31(20-10-4-3-5-11-20)39(35,36)22-15-16-24(28)23(18-22)27(32)29-19-9-8-12-21(17-19)38(33,34)30-25-13-6-7-14-26(25)37-2/h3-18,30H,1-2H3,(H,29,32). The summed E-state index contributed by atoms with van der Waals surface area (Å²) in [5, 5.41) is 2.61. The third-order valence-electron chi connectivity index (χ3n) is 5.71. The summed E-state index contributed by atoms with van der Waals surface area (Å²) in [6, 6.07) is 24.4. The van der Waals surface area contributed by atoms with Gasteiger partial charge in [0.1, 0.15) is 5.75 Å². The van der Waals surface area contributed by atoms with Crippen molar-refractivity contribution in [1.29, 1.82) is 0 Å². The molecule has 0 spiro atoms. The van der Waals surface area contributed by atoms with Crippen LogP contribution in [0.1, 0.15) is 10.4 Å². The first-order chi connectivity index (χ1) is 18.5. The molecule has 1 amide bonds. The third kappa shape index (κ3) is 6.17. The normalized spacial score (nSPS) is 11.5. The van der Waals surface area contributed by atoms with Gasteiger partial charge in [-0.2, -0.15) is 0 Å². The van der Waals surface area contributed by atoms with Crippen molar-refractivity contribution in [2.75, 3.05) is 28.5 Å². The van der Waals surface area contributed by atoms with E-state index in [-0.39, 0.29) is 31.8 Å². The Balaban J connectivity index is 1.58. The minimum atomic E-state index is -4.03. The Kier molecular flexibility index (Phi) is 8.14. The van der Waals surface area contributed by atoms with E-state index in [1.165, 1.54) is 56.6 Å². The van der Waals surface area contributed by atoms with E-state index < -0.39 is 26.0 Å². The maximum Gasteiger partial charge on any atom is 0.264 e. The lowest BCUT2D eigenvalue weighted by atomic mass is 10.2. The van der Waals surface area contributed by atoms with E-state index in [1.54, 1.807) is 54.6 Å². The summed E-state index contributed by atoms with van der Waals surface area (Å²) in [7, 11) is -5.20. The van der Waals surface area contributed by atoms with E-state index in [9.17, 15) is 21.6 Å². The van der Waals surface area contributed by atoms with Gasteiger partial charge in [-0.3, -0.25) is 13.8 Å². The molecule has 4 aromatic carbocycles. The van der Waals surface area contributed by atoms with Crippen molar-refractivity contribution in [2.45, 2.75) is 9.79 Å². The predicted molar refractivity (Wildman–Crippen MR) is 152 cm³/mol. The smallest absolute Gasteiger partial charge is 0.264 e. The van der Waals surface area contributed by atoms with Crippen molar-refractivity contribution in [3.8, 4) is 5.75 Å². The summed E-state index contributed by atoms with van der Waals surface area (Å²) in [6.07, 6.45) is 0. The maximum absolute atomic E-state index is 13.2. The van der Waals surface area contributed by atoms with Crippen LogP contribution in [0.4, 0.5) is 17.1 Å². The average molecular weight is 586 g/mol. The second kappa shape index (κ2) is 11.4. The highest BCUT2D eigenvalue weighted by molar-refractivity contribution is 7.93. The van der Waals surface area contributed by atoms with E-state index in [0.29, 0.717) is 11.4 Å². The summed E-state index contributed by atoms with van der Waals surface area (Å²) in [6.45, 7) is 0. The minimum Gasteiger partial charge on any atom is -0.495 e. The van der Waals surface area contributed by atoms with Gasteiger partial charge in [-0.15, -0.1) is 0 Å². The Morgan fingerprint density at radius 1 is 0.821 bits per heavy atom. The lowest BCUT2D eigenvalue weighted by molar-refractivity contribution is 0.102. The summed E-state index contributed by atoms with van der Waals surface area (Å²) in [4.78, 5) is 12.9. The SMILES string of the molecule is COc1ccccc1NS(=O)(=O)c1cccc(NC(=O)c2cc(S(=O)(=O)N(C)c3ccccc3)ccc2Cl)c1. The van der Waals surface area contributed by atoms with Gasteiger partial charge >= 0.3 is 0 Å². The molecule has 4 aromatic rings. The largest absolute Gasteiger partial charge is 0.495 e. The Bertz CT molecular complexity index is 1730. The molecule has 0 aliphatic heterocycles. The fourth-order valence-corrected chi connectivity index (χ4v) is 6.19. The molecule has 0 aliphatic rings. The summed E-state index contributed by atoms with van der Waals surface area (Å²) in [5.74, 6) is -0.375. The topological polar surface area (TPSA) is 122 Å². The minimum absolute atomic E-state index is 0.0235. The Hall–Kier alpha value is -4.06. The molecule has 0 saturated heterocycles. The van der Waals surface area contributed by atoms with E-state index in [4.69, 9.17) is 16.3 Å². The van der Waals surface area contributed by atoms with Crippen LogP contribution in [0.3, 0.4) is 0 Å². The van der Waals surface area contributed by atoms with Crippen molar-refractivity contribution in [1.82, 2.24) is 0 Å². The Morgan fingerprint density at radius 2 is 1.51 bits per heavy atom. The number of halogens is 1. The fourth-order valence-electron chi connectivity index (χ4n) is 3.65. The molecule has 0 unspecified atom stereocenters. The van der Waals surface area contributed by atoms with Crippen LogP contribution in [0.25, 0.3) is 0 Å². The molecule has 0 fully saturated rings. The lowest BCUT2D eigenvalue weighted by Gasteiger charge is -2.20. The van der Waals surface area contributed by atoms with Crippen molar-refractivity contribution < 1.29 is 26.4 Å². The fraction of sp³-hybridized carbons (Fsp3) is 0.0741. The van der Waals surface area contributed by atoms with Crippen LogP contribution in [0, 0.1) is 0 Å². The first-order valence-electron chi connectivity index (χ1n) is 11.4. The number of hydrogen-bond acceptors (Lipinski definition) is 6. The Labute approximate surface area is 232 Å². The molecule has 0 saturated carbocycles. The number of sulfonamides is 2. The van der Waals surface area contributed by atoms with Gasteiger partial charge in [0.05, 0.1) is 38.9 Å². The molecule has 39 heavy (non-hydrogen) atoms. The number of nitrogens with zero attached hydrogens (tertiary/aromatic N) is 1. The van der Waals surface area contributed by atoms with Crippen molar-refractivity contribution in [2.24, 2.45) is 0 Å². The number of para-hydroxylation sites is 3. The number of carbonyl (C=O) groups is 1. The quantitative estimate of drug-likeness (QED) is 0.277. The van der Waals surface area contributed by atoms with E-state index in [2.05, 4.69) is 10.0 Å². The van der Waals surface area contributed by atoms with Crippen LogP contribution in [0.15, 0.2) is 107 Å². The predicted octanol–water partition coefficient (Wildman–Crippen LogP) is 5.23. The van der Waals surface area contributed by atoms with Crippen molar-refractivity contribution in [3.63, 3.8) is 0 Å². The number of rotatable bonds is 9. The maximum atomic E-state index is 13.2. The first-order valence-corrected chi connectivity index (χ1v) is 14.7. The molecule has 202 valence electrons. The zero-order valence-electron chi connectivity index (χ0n) is 20.8. The van der Waals surface area contributed by atoms with Gasteiger partial charge < -0.3 is 10.1 Å². The number of nitrogens with one attached hydrogen (secondary N) is 2. The van der Waals surface area contributed by atoms with E-state index in [0.717, 1.165) is 4.31 Å². The van der Waals surface area contributed by atoms with Crippen LogP contribution in [0.2, 0.25) is 5.02 Å². The number of ether oxygens (including phenoxy) is 1. The number of anilines is 3. The van der Waals surface area contributed by atoms with E-state index in [1.807, 2.05) is 0 Å². The second-order valence-corrected chi connectivity index (χ2v) is 12.3. The molecule has 12 heteroatoms. The molecule has 0 aromatic heterocycles. The zero-order valence-corrected chi connectivity index (χ0v) is 23.2. The van der Waals surface area contributed by atoms with Crippen LogP contribution >= 0.6 is 11.6 Å². The summed E-state index contributed by atoms with van der Waals surface area (Å²) >= 11 is 6.24. The molecule has 4 rings (SSSR count). The van der Waals surface area contributed by atoms with E-state index >= 15 is 0 Å². The van der Waals surface area contributed by atoms with Gasteiger partial charge in [-0.25, -0.2) is 16.8 Å². The van der Waals surface area contributed by atoms with Gasteiger partial charge in [0.15, 0.2) is 0 Å². The van der Waals surface area contributed by atoms with Gasteiger partial charge in [-0.1, -0.05) is 48.0 Å². The molecular formula is C27H24ClN3O6S2. The van der Waals surface area contributed by atoms with Crippen LogP contribution in [-0.4, -0.2) is 36.9 Å². The second-order valence-electron chi connectivity index (χ2n) is 8.24. The molecule has 0 atom stereocenters. The molecule has 0 bridgehead atoms. The zero-order chi connectivity index (χ0) is 28.2. The third-order valence-corrected chi connectivity index (χ3v) is 9.19. The number of carbonyl (C=O) groups excluding carboxylic acids is 1. The lowest BCUT2D eigenvalue weighted by Crippen LogP contribution is -2.27. The van der Waals surface area contributed by atoms with Crippen molar-refractivity contribution in [3.05, 3.63) is 108 Å². The number of methoxy groups -OCH3 is 1. The van der Waals surface area contributed by atoms with Crippen molar-refractivity contribution >= 4 is 54.6 Å². The van der Waals surface area contributed by atoms with Gasteiger partial charge in [-0.05, 0) is 60.7 Å². The monoisotopic (exact) mass is 585 g/mol. The molecule has 0 aliphatic carbocycles. The molecule has 9 nitrogen and oxygen atoms in total. The van der Waals surface area contributed by atoms with Crippen LogP contribution in [0.5, 0.6) is 5.75 Å². The molecular weight excluding hydrogens is 562 g/mol. The summed E-state index contributed by atoms with van der Waals surface area (Å²) < 4.78 is 61.1. The van der Waals surface area contributed by atoms with Crippen LogP contribution in [-0.2, 0) is 20.0 Å². The number of hydrogen-bond donors (Lipinski definition) is 2. The van der Waals surface area contributed by atoms with Gasteiger partial charge in [0.2, 0.25) is 0 Å². The molecule has 0 heterocycles. The molecule has 2 N–H and O–H groups in total. The highest BCUT2D eigenvalue weighted by Gasteiger charge is 2.24. The van der Waals surface area contributed by atoms with Gasteiger partial charge in [0.25, 0.3) is 26.0 Å². The van der Waals surface area contributed by atoms with Gasteiger partial charge in [0, 0.05) is 12.7 Å². The summed E-state index contributed by atoms with van der Waals surface area (Å²) in [5.41, 5.74) is 0.756. The Morgan fingerprint density at radius 3 is 2.23 bits per heavy atom. The average Bonchev–Trinajstić information content (AvgIpc) is 2.93. The van der Waals surface area contributed by atoms with Crippen LogP contribution < -0.4 is 19.1 Å². The highest BCUT2D eigenvalue weighted by Crippen LogP contribution is 2.28.